The number of aromatic nitrogens is 2. The Morgan fingerprint density at radius 2 is 2.41 bits per heavy atom. The Hall–Kier alpha value is -1.03. The number of hydrogen-bond acceptors (Lipinski definition) is 3. The van der Waals surface area contributed by atoms with E-state index in [2.05, 4.69) is 21.8 Å². The van der Waals surface area contributed by atoms with Crippen LogP contribution >= 0.6 is 0 Å². The first-order valence-corrected chi connectivity index (χ1v) is 6.58. The fourth-order valence-corrected chi connectivity index (χ4v) is 2.53. The zero-order chi connectivity index (χ0) is 12.1. The van der Waals surface area contributed by atoms with Crippen molar-refractivity contribution in [2.24, 2.45) is 5.92 Å². The lowest BCUT2D eigenvalue weighted by Gasteiger charge is -2.18. The summed E-state index contributed by atoms with van der Waals surface area (Å²) in [5, 5.41) is 3.58. The third-order valence-electron chi connectivity index (χ3n) is 3.64. The van der Waals surface area contributed by atoms with Crippen LogP contribution in [0.25, 0.3) is 0 Å². The molecule has 17 heavy (non-hydrogen) atoms. The Bertz CT molecular complexity index is 337. The molecule has 0 saturated heterocycles. The molecule has 96 valence electrons. The highest BCUT2D eigenvalue weighted by atomic mass is 16.5. The molecular formula is C13H23N3O. The highest BCUT2D eigenvalue weighted by Gasteiger charge is 2.24. The second-order valence-electron chi connectivity index (χ2n) is 4.95. The fourth-order valence-electron chi connectivity index (χ4n) is 2.53. The van der Waals surface area contributed by atoms with E-state index in [1.165, 1.54) is 19.3 Å². The number of hydrogen-bond donors (Lipinski definition) is 1. The van der Waals surface area contributed by atoms with Crippen molar-refractivity contribution in [2.75, 3.05) is 19.0 Å². The number of methoxy groups -OCH3 is 1. The summed E-state index contributed by atoms with van der Waals surface area (Å²) in [7, 11) is 1.74. The van der Waals surface area contributed by atoms with E-state index >= 15 is 0 Å². The third-order valence-corrected chi connectivity index (χ3v) is 3.64. The van der Waals surface area contributed by atoms with Crippen LogP contribution in [0, 0.1) is 5.92 Å². The maximum Gasteiger partial charge on any atom is 0.202 e. The maximum absolute atomic E-state index is 5.08. The van der Waals surface area contributed by atoms with Crippen LogP contribution in [-0.4, -0.2) is 29.3 Å². The molecule has 4 nitrogen and oxygen atoms in total. The molecule has 2 unspecified atom stereocenters. The molecule has 0 radical (unpaired) electrons. The van der Waals surface area contributed by atoms with Crippen molar-refractivity contribution in [1.82, 2.24) is 9.55 Å². The number of rotatable bonds is 6. The second kappa shape index (κ2) is 6.05. The monoisotopic (exact) mass is 237 g/mol. The molecule has 1 saturated carbocycles. The first-order chi connectivity index (χ1) is 8.31. The first-order valence-electron chi connectivity index (χ1n) is 6.58. The average Bonchev–Trinajstić information content (AvgIpc) is 2.91. The highest BCUT2D eigenvalue weighted by Crippen LogP contribution is 2.27. The number of nitrogens with one attached hydrogen (secondary N) is 1. The van der Waals surface area contributed by atoms with Gasteiger partial charge in [0.25, 0.3) is 0 Å². The second-order valence-corrected chi connectivity index (χ2v) is 4.95. The first kappa shape index (κ1) is 12.4. The summed E-state index contributed by atoms with van der Waals surface area (Å²) in [5.74, 6) is 1.78. The van der Waals surface area contributed by atoms with Gasteiger partial charge < -0.3 is 14.6 Å². The van der Waals surface area contributed by atoms with E-state index in [4.69, 9.17) is 4.74 Å². The van der Waals surface area contributed by atoms with Gasteiger partial charge in [-0.1, -0.05) is 13.3 Å². The summed E-state index contributed by atoms with van der Waals surface area (Å²) in [6.07, 6.45) is 8.88. The van der Waals surface area contributed by atoms with Crippen LogP contribution < -0.4 is 5.32 Å². The molecule has 0 aliphatic heterocycles. The normalized spacial score (nSPS) is 24.1. The Balaban J connectivity index is 1.89. The number of imidazole rings is 1. The van der Waals surface area contributed by atoms with Crippen LogP contribution in [0.3, 0.4) is 0 Å². The van der Waals surface area contributed by atoms with Crippen LogP contribution in [0.1, 0.15) is 32.6 Å². The molecule has 2 rings (SSSR count). The van der Waals surface area contributed by atoms with Gasteiger partial charge in [0.1, 0.15) is 0 Å². The number of anilines is 1. The predicted octanol–water partition coefficient (Wildman–Crippen LogP) is 2.52. The minimum atomic E-state index is 0.596. The smallest absolute Gasteiger partial charge is 0.202 e. The van der Waals surface area contributed by atoms with E-state index < -0.39 is 0 Å². The van der Waals surface area contributed by atoms with Gasteiger partial charge in [0.2, 0.25) is 5.95 Å². The van der Waals surface area contributed by atoms with Crippen molar-refractivity contribution in [1.29, 1.82) is 0 Å². The molecule has 4 heteroatoms. The minimum Gasteiger partial charge on any atom is -0.385 e. The quantitative estimate of drug-likeness (QED) is 0.773. The van der Waals surface area contributed by atoms with Crippen molar-refractivity contribution in [3.63, 3.8) is 0 Å². The molecule has 2 atom stereocenters. The number of aryl methyl sites for hydroxylation is 1. The van der Waals surface area contributed by atoms with Crippen LogP contribution in [-0.2, 0) is 11.3 Å². The highest BCUT2D eigenvalue weighted by molar-refractivity contribution is 5.28. The lowest BCUT2D eigenvalue weighted by atomic mass is 10.1. The van der Waals surface area contributed by atoms with Gasteiger partial charge in [-0.3, -0.25) is 0 Å². The molecule has 1 fully saturated rings. The average molecular weight is 237 g/mol. The molecular weight excluding hydrogens is 214 g/mol. The molecule has 1 aliphatic rings. The maximum atomic E-state index is 5.08. The van der Waals surface area contributed by atoms with Crippen LogP contribution in [0.15, 0.2) is 12.4 Å². The Labute approximate surface area is 103 Å². The van der Waals surface area contributed by atoms with Crippen molar-refractivity contribution in [2.45, 2.75) is 45.2 Å². The lowest BCUT2D eigenvalue weighted by molar-refractivity contribution is 0.190. The molecule has 0 amide bonds. The standard InChI is InChI=1S/C13H23N3O/c1-11-5-3-6-12(11)15-13-14-7-9-16(13)8-4-10-17-2/h7,9,11-12H,3-6,8,10H2,1-2H3,(H,14,15). The number of nitrogens with zero attached hydrogens (tertiary/aromatic N) is 2. The summed E-state index contributed by atoms with van der Waals surface area (Å²) < 4.78 is 7.26. The van der Waals surface area contributed by atoms with Gasteiger partial charge in [0.05, 0.1) is 0 Å². The summed E-state index contributed by atoms with van der Waals surface area (Å²) in [6, 6.07) is 0.596. The van der Waals surface area contributed by atoms with Gasteiger partial charge in [-0.15, -0.1) is 0 Å². The molecule has 0 aromatic carbocycles. The van der Waals surface area contributed by atoms with Crippen molar-refractivity contribution >= 4 is 5.95 Å². The van der Waals surface area contributed by atoms with Crippen LogP contribution in [0.4, 0.5) is 5.95 Å². The molecule has 1 aromatic heterocycles. The Kier molecular flexibility index (Phi) is 4.42. The van der Waals surface area contributed by atoms with E-state index in [9.17, 15) is 0 Å². The van der Waals surface area contributed by atoms with Crippen LogP contribution in [0.2, 0.25) is 0 Å². The van der Waals surface area contributed by atoms with Gasteiger partial charge in [-0.2, -0.15) is 0 Å². The predicted molar refractivity (Wildman–Crippen MR) is 69.1 cm³/mol. The van der Waals surface area contributed by atoms with Gasteiger partial charge >= 0.3 is 0 Å². The molecule has 0 bridgehead atoms. The van der Waals surface area contributed by atoms with Gasteiger partial charge in [0.15, 0.2) is 0 Å². The fraction of sp³-hybridized carbons (Fsp3) is 0.769. The zero-order valence-corrected chi connectivity index (χ0v) is 10.9. The Morgan fingerprint density at radius 1 is 1.53 bits per heavy atom. The molecule has 0 spiro atoms. The van der Waals surface area contributed by atoms with Crippen LogP contribution in [0.5, 0.6) is 0 Å². The van der Waals surface area contributed by atoms with E-state index in [0.29, 0.717) is 6.04 Å². The van der Waals surface area contributed by atoms with E-state index in [1.807, 2.05) is 12.4 Å². The minimum absolute atomic E-state index is 0.596. The molecule has 1 N–H and O–H groups in total. The summed E-state index contributed by atoms with van der Waals surface area (Å²) >= 11 is 0. The van der Waals surface area contributed by atoms with Gasteiger partial charge in [-0.25, -0.2) is 4.98 Å². The largest absolute Gasteiger partial charge is 0.385 e. The van der Waals surface area contributed by atoms with E-state index in [0.717, 1.165) is 31.4 Å². The number of ether oxygens (including phenoxy) is 1. The zero-order valence-electron chi connectivity index (χ0n) is 10.9. The van der Waals surface area contributed by atoms with E-state index in [-0.39, 0.29) is 0 Å². The summed E-state index contributed by atoms with van der Waals surface area (Å²) in [4.78, 5) is 4.40. The topological polar surface area (TPSA) is 39.1 Å². The lowest BCUT2D eigenvalue weighted by Crippen LogP contribution is -2.24. The Morgan fingerprint density at radius 3 is 3.12 bits per heavy atom. The summed E-state index contributed by atoms with van der Waals surface area (Å²) in [5.41, 5.74) is 0. The van der Waals surface area contributed by atoms with Crippen molar-refractivity contribution < 1.29 is 4.74 Å². The molecule has 1 heterocycles. The molecule has 1 aromatic rings. The summed E-state index contributed by atoms with van der Waals surface area (Å²) in [6.45, 7) is 4.09. The third kappa shape index (κ3) is 3.22. The van der Waals surface area contributed by atoms with Crippen molar-refractivity contribution in [3.8, 4) is 0 Å². The van der Waals surface area contributed by atoms with Gasteiger partial charge in [-0.05, 0) is 25.2 Å². The van der Waals surface area contributed by atoms with E-state index in [1.54, 1.807) is 7.11 Å². The SMILES string of the molecule is COCCCn1ccnc1NC1CCCC1C. The van der Waals surface area contributed by atoms with Gasteiger partial charge in [0, 0.05) is 38.7 Å². The van der Waals surface area contributed by atoms with Crippen molar-refractivity contribution in [3.05, 3.63) is 12.4 Å². The molecule has 1 aliphatic carbocycles.